The molecule has 1 aliphatic carbocycles. The molecule has 0 aromatic heterocycles. The van der Waals surface area contributed by atoms with Crippen LogP contribution in [0.3, 0.4) is 0 Å². The number of ether oxygens (including phenoxy) is 1. The molecule has 1 aromatic carbocycles. The number of carbonyl (C=O) groups excluding carboxylic acids is 2. The lowest BCUT2D eigenvalue weighted by molar-refractivity contribution is 0.0513. The van der Waals surface area contributed by atoms with Crippen molar-refractivity contribution in [2.75, 3.05) is 13.1 Å². The number of nitrogens with one attached hydrogen (secondary N) is 1. The number of phenols is 2. The fourth-order valence-electron chi connectivity index (χ4n) is 3.22. The van der Waals surface area contributed by atoms with Crippen LogP contribution in [0.25, 0.3) is 0 Å². The second-order valence-electron chi connectivity index (χ2n) is 7.41. The van der Waals surface area contributed by atoms with E-state index in [9.17, 15) is 19.8 Å². The maximum absolute atomic E-state index is 12.4. The molecule has 0 bridgehead atoms. The van der Waals surface area contributed by atoms with Crippen LogP contribution >= 0.6 is 0 Å². The first kappa shape index (κ1) is 16.4. The Morgan fingerprint density at radius 3 is 2.38 bits per heavy atom. The van der Waals surface area contributed by atoms with Crippen molar-refractivity contribution in [2.24, 2.45) is 11.8 Å². The van der Waals surface area contributed by atoms with Gasteiger partial charge < -0.3 is 25.2 Å². The Labute approximate surface area is 140 Å². The zero-order chi connectivity index (χ0) is 17.6. The van der Waals surface area contributed by atoms with Crippen molar-refractivity contribution >= 4 is 12.0 Å². The first-order valence-electron chi connectivity index (χ1n) is 7.96. The van der Waals surface area contributed by atoms with Gasteiger partial charge in [0.15, 0.2) is 0 Å². The molecule has 1 aliphatic heterocycles. The molecule has 2 aliphatic rings. The van der Waals surface area contributed by atoms with Gasteiger partial charge in [-0.05, 0) is 32.9 Å². The summed E-state index contributed by atoms with van der Waals surface area (Å²) < 4.78 is 5.24. The molecule has 0 spiro atoms. The van der Waals surface area contributed by atoms with E-state index >= 15 is 0 Å². The van der Waals surface area contributed by atoms with Gasteiger partial charge in [0.05, 0.1) is 5.56 Å². The summed E-state index contributed by atoms with van der Waals surface area (Å²) in [6, 6.07) is 3.97. The molecule has 7 heteroatoms. The second kappa shape index (κ2) is 5.58. The van der Waals surface area contributed by atoms with Crippen LogP contribution in [-0.4, -0.2) is 51.8 Å². The molecule has 1 heterocycles. The summed E-state index contributed by atoms with van der Waals surface area (Å²) in [4.78, 5) is 25.9. The second-order valence-corrected chi connectivity index (χ2v) is 7.41. The SMILES string of the molecule is CC(C)(C)OC(=O)N[C@H]1[C@@H]2CN(C(=O)c3ccc(O)cc3O)C[C@@H]21. The number of fused-ring (bicyclic) bond motifs is 1. The minimum atomic E-state index is -0.535. The molecule has 3 rings (SSSR count). The number of rotatable bonds is 2. The highest BCUT2D eigenvalue weighted by Gasteiger charge is 2.57. The maximum Gasteiger partial charge on any atom is 0.407 e. The van der Waals surface area contributed by atoms with Crippen LogP contribution in [0.15, 0.2) is 18.2 Å². The Morgan fingerprint density at radius 1 is 1.21 bits per heavy atom. The topological polar surface area (TPSA) is 99.1 Å². The Kier molecular flexibility index (Phi) is 3.81. The van der Waals surface area contributed by atoms with Crippen molar-refractivity contribution in [3.8, 4) is 11.5 Å². The number of piperidine rings is 1. The summed E-state index contributed by atoms with van der Waals surface area (Å²) in [7, 11) is 0. The number of alkyl carbamates (subject to hydrolysis) is 1. The molecule has 1 saturated carbocycles. The summed E-state index contributed by atoms with van der Waals surface area (Å²) in [5.74, 6) is -0.142. The number of hydrogen-bond acceptors (Lipinski definition) is 5. The number of amides is 2. The Balaban J connectivity index is 1.54. The molecule has 3 N–H and O–H groups in total. The lowest BCUT2D eigenvalue weighted by atomic mass is 10.1. The van der Waals surface area contributed by atoms with E-state index in [1.807, 2.05) is 20.8 Å². The highest BCUT2D eigenvalue weighted by Crippen LogP contribution is 2.46. The van der Waals surface area contributed by atoms with Crippen LogP contribution < -0.4 is 5.32 Å². The molecule has 2 fully saturated rings. The normalized spacial score (nSPS) is 25.1. The van der Waals surface area contributed by atoms with Crippen LogP contribution in [0.4, 0.5) is 4.79 Å². The molecule has 24 heavy (non-hydrogen) atoms. The fraction of sp³-hybridized carbons (Fsp3) is 0.529. The van der Waals surface area contributed by atoms with Crippen LogP contribution in [0.2, 0.25) is 0 Å². The molecule has 1 aromatic rings. The van der Waals surface area contributed by atoms with Crippen molar-refractivity contribution in [2.45, 2.75) is 32.4 Å². The van der Waals surface area contributed by atoms with E-state index in [-0.39, 0.29) is 40.8 Å². The molecule has 3 atom stereocenters. The van der Waals surface area contributed by atoms with Gasteiger partial charge in [0.25, 0.3) is 5.91 Å². The number of phenolic OH excluding ortho intramolecular Hbond substituents is 2. The number of hydrogen-bond donors (Lipinski definition) is 3. The summed E-state index contributed by atoms with van der Waals surface area (Å²) in [5.41, 5.74) is -0.363. The third kappa shape index (κ3) is 3.25. The predicted octanol–water partition coefficient (Wildman–Crippen LogP) is 1.69. The Hall–Kier alpha value is -2.44. The van der Waals surface area contributed by atoms with Gasteiger partial charge in [-0.15, -0.1) is 0 Å². The summed E-state index contributed by atoms with van der Waals surface area (Å²) in [6.45, 7) is 6.50. The first-order valence-corrected chi connectivity index (χ1v) is 7.96. The highest BCUT2D eigenvalue weighted by molar-refractivity contribution is 5.97. The lowest BCUT2D eigenvalue weighted by Crippen LogP contribution is -2.39. The van der Waals surface area contributed by atoms with E-state index in [1.165, 1.54) is 12.1 Å². The van der Waals surface area contributed by atoms with Gasteiger partial charge in [-0.25, -0.2) is 4.79 Å². The summed E-state index contributed by atoms with van der Waals surface area (Å²) in [6.07, 6.45) is -0.434. The van der Waals surface area contributed by atoms with E-state index in [4.69, 9.17) is 4.74 Å². The molecular formula is C17H22N2O5. The number of carbonyl (C=O) groups is 2. The van der Waals surface area contributed by atoms with E-state index in [2.05, 4.69) is 5.32 Å². The average molecular weight is 334 g/mol. The Bertz CT molecular complexity index is 670. The molecule has 0 radical (unpaired) electrons. The summed E-state index contributed by atoms with van der Waals surface area (Å²) in [5, 5.41) is 21.9. The minimum absolute atomic E-state index is 0.0392. The standard InChI is InChI=1S/C17H22N2O5/c1-17(2,3)24-16(23)18-14-11-7-19(8-12(11)14)15(22)10-5-4-9(20)6-13(10)21/h4-6,11-12,14,20-21H,7-8H2,1-3H3,(H,18,23)/t11-,12+,14+. The van der Waals surface area contributed by atoms with E-state index < -0.39 is 11.7 Å². The highest BCUT2D eigenvalue weighted by atomic mass is 16.6. The number of nitrogens with zero attached hydrogens (tertiary/aromatic N) is 1. The fourth-order valence-corrected chi connectivity index (χ4v) is 3.22. The van der Waals surface area contributed by atoms with Gasteiger partial charge in [0, 0.05) is 37.0 Å². The molecule has 0 unspecified atom stereocenters. The smallest absolute Gasteiger partial charge is 0.407 e. The largest absolute Gasteiger partial charge is 0.508 e. The van der Waals surface area contributed by atoms with Crippen LogP contribution in [0.5, 0.6) is 11.5 Å². The molecule has 7 nitrogen and oxygen atoms in total. The van der Waals surface area contributed by atoms with Crippen molar-refractivity contribution in [1.29, 1.82) is 0 Å². The molecule has 2 amide bonds. The van der Waals surface area contributed by atoms with Crippen molar-refractivity contribution < 1.29 is 24.5 Å². The Morgan fingerprint density at radius 2 is 1.83 bits per heavy atom. The number of benzene rings is 1. The molecular weight excluding hydrogens is 312 g/mol. The first-order chi connectivity index (χ1) is 11.2. The van der Waals surface area contributed by atoms with Gasteiger partial charge in [0.2, 0.25) is 0 Å². The zero-order valence-electron chi connectivity index (χ0n) is 13.9. The van der Waals surface area contributed by atoms with Gasteiger partial charge in [-0.1, -0.05) is 0 Å². The monoisotopic (exact) mass is 334 g/mol. The lowest BCUT2D eigenvalue weighted by Gasteiger charge is -2.22. The van der Waals surface area contributed by atoms with E-state index in [0.717, 1.165) is 6.07 Å². The van der Waals surface area contributed by atoms with Crippen molar-refractivity contribution in [1.82, 2.24) is 10.2 Å². The predicted molar refractivity (Wildman–Crippen MR) is 85.8 cm³/mol. The number of aromatic hydroxyl groups is 2. The quantitative estimate of drug-likeness (QED) is 0.764. The van der Waals surface area contributed by atoms with Gasteiger partial charge in [0.1, 0.15) is 17.1 Å². The zero-order valence-corrected chi connectivity index (χ0v) is 13.9. The van der Waals surface area contributed by atoms with Crippen molar-refractivity contribution in [3.63, 3.8) is 0 Å². The van der Waals surface area contributed by atoms with E-state index in [1.54, 1.807) is 4.90 Å². The maximum atomic E-state index is 12.4. The third-order valence-corrected chi connectivity index (χ3v) is 4.38. The third-order valence-electron chi connectivity index (χ3n) is 4.38. The summed E-state index contributed by atoms with van der Waals surface area (Å²) >= 11 is 0. The van der Waals surface area contributed by atoms with Crippen LogP contribution in [-0.2, 0) is 4.74 Å². The van der Waals surface area contributed by atoms with Gasteiger partial charge in [-0.2, -0.15) is 0 Å². The number of likely N-dealkylation sites (tertiary alicyclic amines) is 1. The molecule has 1 saturated heterocycles. The average Bonchev–Trinajstić information content (AvgIpc) is 2.90. The molecule has 130 valence electrons. The minimum Gasteiger partial charge on any atom is -0.508 e. The van der Waals surface area contributed by atoms with Crippen LogP contribution in [0, 0.1) is 11.8 Å². The van der Waals surface area contributed by atoms with Gasteiger partial charge >= 0.3 is 6.09 Å². The van der Waals surface area contributed by atoms with Crippen LogP contribution in [0.1, 0.15) is 31.1 Å². The van der Waals surface area contributed by atoms with E-state index in [0.29, 0.717) is 13.1 Å². The van der Waals surface area contributed by atoms with Gasteiger partial charge in [-0.3, -0.25) is 4.79 Å². The van der Waals surface area contributed by atoms with Crippen molar-refractivity contribution in [3.05, 3.63) is 23.8 Å².